The SMILES string of the molecule is CC#Cc1c(C(=O)NO)ncc2c1ccn2Cc1ccc(F)cc1.CC#Cc1c(C(=O)OC)ncc2c1ccn2Cc1ccc(F)cc1.Cc1cc2c(ncc3c2ccn3Cc2ccc(F)cc2)c(=O)n1O.[B]. The number of hydrogen-bond donors (Lipinski definition) is 3. The monoisotopic (exact) mass is 979 g/mol. The number of amides is 1. The second-order valence-electron chi connectivity index (χ2n) is 16.2. The molecule has 3 N–H and O–H groups in total. The zero-order valence-corrected chi connectivity index (χ0v) is 39.7. The number of methoxy groups -OCH3 is 1. The average molecular weight is 980 g/mol. The summed E-state index contributed by atoms with van der Waals surface area (Å²) >= 11 is 0. The van der Waals surface area contributed by atoms with E-state index in [-0.39, 0.29) is 42.8 Å². The van der Waals surface area contributed by atoms with Crippen molar-refractivity contribution in [1.82, 2.24) is 38.9 Å². The molecular formula is C55H43BF3N8O6. The molecule has 73 heavy (non-hydrogen) atoms. The summed E-state index contributed by atoms with van der Waals surface area (Å²) in [6.07, 6.45) is 10.5. The van der Waals surface area contributed by atoms with Gasteiger partial charge in [-0.1, -0.05) is 48.2 Å². The molecule has 0 saturated carbocycles. The number of aryl methyl sites for hydroxylation is 1. The van der Waals surface area contributed by atoms with E-state index in [1.54, 1.807) is 87.3 Å². The fraction of sp³-hybridized carbons (Fsp3) is 0.127. The molecule has 10 rings (SSSR count). The zero-order chi connectivity index (χ0) is 51.1. The van der Waals surface area contributed by atoms with Crippen molar-refractivity contribution < 1.29 is 37.9 Å². The minimum absolute atomic E-state index is 0. The van der Waals surface area contributed by atoms with Crippen molar-refractivity contribution in [3.63, 3.8) is 0 Å². The van der Waals surface area contributed by atoms with Crippen LogP contribution in [0.4, 0.5) is 13.2 Å². The molecule has 3 aromatic carbocycles. The van der Waals surface area contributed by atoms with E-state index >= 15 is 0 Å². The summed E-state index contributed by atoms with van der Waals surface area (Å²) in [5.74, 6) is 9.36. The van der Waals surface area contributed by atoms with Crippen molar-refractivity contribution in [2.45, 2.75) is 40.4 Å². The average Bonchev–Trinajstić information content (AvgIpc) is 4.13. The summed E-state index contributed by atoms with van der Waals surface area (Å²) in [6.45, 7) is 6.71. The number of pyridine rings is 4. The van der Waals surface area contributed by atoms with Crippen LogP contribution in [0.1, 0.15) is 68.3 Å². The molecule has 0 spiro atoms. The molecule has 363 valence electrons. The Labute approximate surface area is 417 Å². The van der Waals surface area contributed by atoms with E-state index in [1.807, 2.05) is 50.5 Å². The second-order valence-corrected chi connectivity index (χ2v) is 16.2. The van der Waals surface area contributed by atoms with Crippen LogP contribution in [0, 0.1) is 48.1 Å². The van der Waals surface area contributed by atoms with Gasteiger partial charge in [0.1, 0.15) is 28.7 Å². The van der Waals surface area contributed by atoms with E-state index < -0.39 is 17.4 Å². The first-order chi connectivity index (χ1) is 34.8. The van der Waals surface area contributed by atoms with E-state index in [2.05, 4.69) is 38.6 Å². The van der Waals surface area contributed by atoms with Crippen LogP contribution in [0.3, 0.4) is 0 Å². The lowest BCUT2D eigenvalue weighted by Crippen LogP contribution is -2.21. The Balaban J connectivity index is 0.000000159. The third-order valence-corrected chi connectivity index (χ3v) is 11.6. The summed E-state index contributed by atoms with van der Waals surface area (Å²) in [7, 11) is 1.32. The number of rotatable bonds is 8. The van der Waals surface area contributed by atoms with E-state index in [1.165, 1.54) is 43.5 Å². The van der Waals surface area contributed by atoms with Gasteiger partial charge in [0.2, 0.25) is 0 Å². The minimum Gasteiger partial charge on any atom is -0.464 e. The Bertz CT molecular complexity index is 3700. The molecule has 0 unspecified atom stereocenters. The van der Waals surface area contributed by atoms with Crippen LogP contribution >= 0.6 is 0 Å². The Kier molecular flexibility index (Phi) is 15.9. The highest BCUT2D eigenvalue weighted by atomic mass is 19.1. The molecule has 0 aliphatic rings. The van der Waals surface area contributed by atoms with Crippen molar-refractivity contribution in [1.29, 1.82) is 0 Å². The van der Waals surface area contributed by atoms with Gasteiger partial charge in [0.15, 0.2) is 5.69 Å². The van der Waals surface area contributed by atoms with E-state index in [0.717, 1.165) is 49.4 Å². The Morgan fingerprint density at radius 2 is 1.01 bits per heavy atom. The molecule has 0 bridgehead atoms. The van der Waals surface area contributed by atoms with Crippen LogP contribution in [0.2, 0.25) is 0 Å². The van der Waals surface area contributed by atoms with Gasteiger partial charge in [0, 0.05) is 68.2 Å². The van der Waals surface area contributed by atoms with Crippen molar-refractivity contribution in [2.75, 3.05) is 7.11 Å². The summed E-state index contributed by atoms with van der Waals surface area (Å²) in [5, 5.41) is 21.8. The fourth-order valence-corrected chi connectivity index (χ4v) is 8.09. The molecular weight excluding hydrogens is 936 g/mol. The van der Waals surface area contributed by atoms with Gasteiger partial charge in [-0.05, 0) is 98.1 Å². The Morgan fingerprint density at radius 3 is 1.44 bits per heavy atom. The number of carbonyl (C=O) groups excluding carboxylic acids is 2. The Morgan fingerprint density at radius 1 is 0.616 bits per heavy atom. The van der Waals surface area contributed by atoms with E-state index in [9.17, 15) is 32.8 Å². The lowest BCUT2D eigenvalue weighted by atomic mass is 10.1. The van der Waals surface area contributed by atoms with Crippen LogP contribution in [0.15, 0.2) is 139 Å². The number of halogens is 3. The summed E-state index contributed by atoms with van der Waals surface area (Å²) in [5.41, 5.74) is 8.43. The molecule has 0 saturated heterocycles. The number of ether oxygens (including phenoxy) is 1. The molecule has 0 atom stereocenters. The predicted molar refractivity (Wildman–Crippen MR) is 271 cm³/mol. The van der Waals surface area contributed by atoms with Crippen molar-refractivity contribution in [3.05, 3.63) is 207 Å². The molecule has 0 aliphatic carbocycles. The van der Waals surface area contributed by atoms with Gasteiger partial charge < -0.3 is 23.6 Å². The molecule has 0 fully saturated rings. The van der Waals surface area contributed by atoms with Gasteiger partial charge in [-0.15, -0.1) is 11.8 Å². The predicted octanol–water partition coefficient (Wildman–Crippen LogP) is 8.80. The molecule has 18 heteroatoms. The molecule has 0 aliphatic heterocycles. The maximum absolute atomic E-state index is 13.0. The first-order valence-electron chi connectivity index (χ1n) is 22.1. The number of carbonyl (C=O) groups is 2. The number of nitrogens with zero attached hydrogens (tertiary/aromatic N) is 7. The molecule has 10 aromatic rings. The van der Waals surface area contributed by atoms with Crippen LogP contribution in [0.5, 0.6) is 0 Å². The van der Waals surface area contributed by atoms with Gasteiger partial charge >= 0.3 is 11.5 Å². The van der Waals surface area contributed by atoms with Crippen molar-refractivity contribution >= 4 is 63.9 Å². The number of hydroxylamine groups is 1. The maximum atomic E-state index is 13.0. The van der Waals surface area contributed by atoms with Gasteiger partial charge in [0.25, 0.3) is 5.91 Å². The number of esters is 1. The van der Waals surface area contributed by atoms with Crippen molar-refractivity contribution in [3.8, 4) is 23.7 Å². The molecule has 3 radical (unpaired) electrons. The van der Waals surface area contributed by atoms with Gasteiger partial charge in [-0.3, -0.25) is 14.8 Å². The minimum atomic E-state index is -0.707. The number of nitrogens with one attached hydrogen (secondary N) is 1. The third kappa shape index (κ3) is 11.0. The fourth-order valence-electron chi connectivity index (χ4n) is 8.09. The van der Waals surface area contributed by atoms with Crippen LogP contribution in [-0.2, 0) is 24.4 Å². The van der Waals surface area contributed by atoms with Gasteiger partial charge in [0.05, 0.1) is 59.1 Å². The Hall–Kier alpha value is -9.39. The maximum Gasteiger partial charge on any atom is 0.357 e. The first kappa shape index (κ1) is 51.5. The van der Waals surface area contributed by atoms with Gasteiger partial charge in [-0.25, -0.2) is 38.4 Å². The molecule has 7 aromatic heterocycles. The second kappa shape index (κ2) is 22.6. The number of aromatic nitrogens is 7. The van der Waals surface area contributed by atoms with Crippen LogP contribution in [-0.4, -0.2) is 71.2 Å². The van der Waals surface area contributed by atoms with E-state index in [0.29, 0.717) is 46.6 Å². The van der Waals surface area contributed by atoms with Crippen LogP contribution < -0.4 is 11.0 Å². The summed E-state index contributed by atoms with van der Waals surface area (Å²) < 4.78 is 50.4. The first-order valence-corrected chi connectivity index (χ1v) is 22.1. The topological polar surface area (TPSA) is 171 Å². The highest BCUT2D eigenvalue weighted by Crippen LogP contribution is 2.26. The normalized spacial score (nSPS) is 10.5. The third-order valence-electron chi connectivity index (χ3n) is 11.6. The summed E-state index contributed by atoms with van der Waals surface area (Å²) in [6, 6.07) is 26.4. The van der Waals surface area contributed by atoms with Gasteiger partial charge in [-0.2, -0.15) is 4.73 Å². The quantitative estimate of drug-likeness (QED) is 0.0336. The highest BCUT2D eigenvalue weighted by Gasteiger charge is 2.19. The number of fused-ring (bicyclic) bond motifs is 5. The lowest BCUT2D eigenvalue weighted by Gasteiger charge is -2.08. The lowest BCUT2D eigenvalue weighted by molar-refractivity contribution is 0.0593. The smallest absolute Gasteiger partial charge is 0.357 e. The van der Waals surface area contributed by atoms with Crippen molar-refractivity contribution in [2.24, 2.45) is 0 Å². The summed E-state index contributed by atoms with van der Waals surface area (Å²) in [4.78, 5) is 48.3. The number of hydrogen-bond acceptors (Lipinski definition) is 9. The molecule has 14 nitrogen and oxygen atoms in total. The van der Waals surface area contributed by atoms with Crippen LogP contribution in [0.25, 0.3) is 43.6 Å². The zero-order valence-electron chi connectivity index (χ0n) is 39.7. The molecule has 1 amide bonds. The van der Waals surface area contributed by atoms with E-state index in [4.69, 9.17) is 9.94 Å². The highest BCUT2D eigenvalue weighted by molar-refractivity contribution is 6.04. The number of benzene rings is 3. The molecule has 7 heterocycles. The largest absolute Gasteiger partial charge is 0.464 e. The standard InChI is InChI=1S/C19H15FN2O2.2C18H14FN3O2.B/c1-3-4-16-15-9-10-22(12-13-5-7-14(20)8-6-13)17(15)11-21-18(16)19(23)24-2;1-11-8-15-14-6-7-21(10-12-2-4-13(19)5-3-12)16(14)9-20-17(15)18(23)22(11)24;1-2-3-15-14-8-9-22(11-12-4-6-13(19)7-5-12)16(14)10-20-17(15)18(23)21-24;/h5-11H,12H2,1-2H3;2-9,24H,10H2,1H3;4-10,24H,11H2,1H3,(H,21,23);.